The SMILES string of the molecule is CCN(CC)c1ccc(NCC2CCNCC2)cn1. The summed E-state index contributed by atoms with van der Waals surface area (Å²) in [4.78, 5) is 6.80. The molecule has 0 spiro atoms. The third-order valence-corrected chi connectivity index (χ3v) is 3.89. The van der Waals surface area contributed by atoms with E-state index in [9.17, 15) is 0 Å². The molecule has 2 N–H and O–H groups in total. The van der Waals surface area contributed by atoms with Gasteiger partial charge in [-0.3, -0.25) is 0 Å². The van der Waals surface area contributed by atoms with Crippen LogP contribution in [0.2, 0.25) is 0 Å². The Bertz CT molecular complexity index is 353. The second-order valence-corrected chi connectivity index (χ2v) is 5.15. The average molecular weight is 262 g/mol. The van der Waals surface area contributed by atoms with Crippen molar-refractivity contribution in [3.63, 3.8) is 0 Å². The summed E-state index contributed by atoms with van der Waals surface area (Å²) in [6, 6.07) is 4.25. The van der Waals surface area contributed by atoms with Crippen molar-refractivity contribution >= 4 is 11.5 Å². The molecule has 0 bridgehead atoms. The first kappa shape index (κ1) is 14.1. The second-order valence-electron chi connectivity index (χ2n) is 5.15. The highest BCUT2D eigenvalue weighted by molar-refractivity contribution is 5.48. The number of nitrogens with one attached hydrogen (secondary N) is 2. The van der Waals surface area contributed by atoms with Gasteiger partial charge in [0.25, 0.3) is 0 Å². The van der Waals surface area contributed by atoms with E-state index in [0.717, 1.165) is 50.1 Å². The van der Waals surface area contributed by atoms with E-state index in [1.165, 1.54) is 12.8 Å². The molecule has 1 saturated heterocycles. The smallest absolute Gasteiger partial charge is 0.128 e. The van der Waals surface area contributed by atoms with Gasteiger partial charge in [0.2, 0.25) is 0 Å². The largest absolute Gasteiger partial charge is 0.384 e. The Morgan fingerprint density at radius 1 is 1.26 bits per heavy atom. The molecule has 4 nitrogen and oxygen atoms in total. The first-order valence-corrected chi connectivity index (χ1v) is 7.49. The molecule has 0 amide bonds. The van der Waals surface area contributed by atoms with Crippen LogP contribution < -0.4 is 15.5 Å². The highest BCUT2D eigenvalue weighted by Crippen LogP contribution is 2.16. The van der Waals surface area contributed by atoms with Gasteiger partial charge in [0.15, 0.2) is 0 Å². The van der Waals surface area contributed by atoms with E-state index >= 15 is 0 Å². The minimum absolute atomic E-state index is 0.795. The number of rotatable bonds is 6. The zero-order chi connectivity index (χ0) is 13.5. The summed E-state index contributed by atoms with van der Waals surface area (Å²) < 4.78 is 0. The van der Waals surface area contributed by atoms with Crippen LogP contribution in [0.1, 0.15) is 26.7 Å². The van der Waals surface area contributed by atoms with Crippen molar-refractivity contribution in [2.45, 2.75) is 26.7 Å². The molecule has 1 aromatic heterocycles. The minimum atomic E-state index is 0.795. The third kappa shape index (κ3) is 4.10. The van der Waals surface area contributed by atoms with Gasteiger partial charge in [-0.15, -0.1) is 0 Å². The topological polar surface area (TPSA) is 40.2 Å². The Kier molecular flexibility index (Phi) is 5.45. The summed E-state index contributed by atoms with van der Waals surface area (Å²) in [6.07, 6.45) is 4.50. The Morgan fingerprint density at radius 3 is 2.58 bits per heavy atom. The molecule has 106 valence electrons. The lowest BCUT2D eigenvalue weighted by atomic mass is 9.98. The zero-order valence-electron chi connectivity index (χ0n) is 12.2. The van der Waals surface area contributed by atoms with Gasteiger partial charge >= 0.3 is 0 Å². The monoisotopic (exact) mass is 262 g/mol. The van der Waals surface area contributed by atoms with Crippen LogP contribution in [0.4, 0.5) is 11.5 Å². The standard InChI is InChI=1S/C15H26N4/c1-3-19(4-2)15-6-5-14(12-18-15)17-11-13-7-9-16-10-8-13/h5-6,12-13,16-17H,3-4,7-11H2,1-2H3. The molecule has 1 fully saturated rings. The maximum absolute atomic E-state index is 4.54. The van der Waals surface area contributed by atoms with Crippen molar-refractivity contribution in [1.82, 2.24) is 10.3 Å². The average Bonchev–Trinajstić information content (AvgIpc) is 2.49. The van der Waals surface area contributed by atoms with E-state index < -0.39 is 0 Å². The number of nitrogens with zero attached hydrogens (tertiary/aromatic N) is 2. The lowest BCUT2D eigenvalue weighted by Crippen LogP contribution is -2.31. The van der Waals surface area contributed by atoms with E-state index in [4.69, 9.17) is 0 Å². The van der Waals surface area contributed by atoms with E-state index in [1.54, 1.807) is 0 Å². The molecule has 4 heteroatoms. The molecular weight excluding hydrogens is 236 g/mol. The van der Waals surface area contributed by atoms with Gasteiger partial charge in [0, 0.05) is 19.6 Å². The molecule has 0 atom stereocenters. The van der Waals surface area contributed by atoms with Crippen LogP contribution >= 0.6 is 0 Å². The molecule has 0 unspecified atom stereocenters. The summed E-state index contributed by atoms with van der Waals surface area (Å²) in [7, 11) is 0. The molecule has 1 aliphatic rings. The number of hydrogen-bond acceptors (Lipinski definition) is 4. The summed E-state index contributed by atoms with van der Waals surface area (Å²) in [5.74, 6) is 1.86. The molecular formula is C15H26N4. The molecule has 0 radical (unpaired) electrons. The van der Waals surface area contributed by atoms with E-state index in [2.05, 4.69) is 46.5 Å². The molecule has 0 aromatic carbocycles. The van der Waals surface area contributed by atoms with Crippen LogP contribution in [0.3, 0.4) is 0 Å². The van der Waals surface area contributed by atoms with Crippen LogP contribution in [0.25, 0.3) is 0 Å². The van der Waals surface area contributed by atoms with Crippen LogP contribution in [0, 0.1) is 5.92 Å². The molecule has 1 aliphatic heterocycles. The lowest BCUT2D eigenvalue weighted by molar-refractivity contribution is 0.390. The Balaban J connectivity index is 1.84. The van der Waals surface area contributed by atoms with Crippen LogP contribution in [0.5, 0.6) is 0 Å². The highest BCUT2D eigenvalue weighted by atomic mass is 15.2. The minimum Gasteiger partial charge on any atom is -0.384 e. The van der Waals surface area contributed by atoms with Gasteiger partial charge in [-0.1, -0.05) is 0 Å². The quantitative estimate of drug-likeness (QED) is 0.825. The summed E-state index contributed by atoms with van der Waals surface area (Å²) >= 11 is 0. The predicted octanol–water partition coefficient (Wildman–Crippen LogP) is 2.34. The fourth-order valence-corrected chi connectivity index (χ4v) is 2.57. The number of anilines is 2. The van der Waals surface area contributed by atoms with Crippen molar-refractivity contribution < 1.29 is 0 Å². The van der Waals surface area contributed by atoms with Gasteiger partial charge in [-0.05, 0) is 57.8 Å². The molecule has 2 rings (SSSR count). The molecule has 0 saturated carbocycles. The van der Waals surface area contributed by atoms with Gasteiger partial charge in [-0.25, -0.2) is 4.98 Å². The molecule has 0 aliphatic carbocycles. The van der Waals surface area contributed by atoms with E-state index in [0.29, 0.717) is 0 Å². The van der Waals surface area contributed by atoms with Crippen molar-refractivity contribution in [3.8, 4) is 0 Å². The Labute approximate surface area is 116 Å². The summed E-state index contributed by atoms with van der Waals surface area (Å²) in [5, 5.41) is 6.91. The van der Waals surface area contributed by atoms with E-state index in [-0.39, 0.29) is 0 Å². The van der Waals surface area contributed by atoms with E-state index in [1.807, 2.05) is 6.20 Å². The van der Waals surface area contributed by atoms with Crippen molar-refractivity contribution in [2.24, 2.45) is 5.92 Å². The number of pyridine rings is 1. The Hall–Kier alpha value is -1.29. The summed E-state index contributed by atoms with van der Waals surface area (Å²) in [6.45, 7) is 9.71. The molecule has 19 heavy (non-hydrogen) atoms. The lowest BCUT2D eigenvalue weighted by Gasteiger charge is -2.23. The predicted molar refractivity (Wildman–Crippen MR) is 81.9 cm³/mol. The maximum Gasteiger partial charge on any atom is 0.128 e. The van der Waals surface area contributed by atoms with Crippen molar-refractivity contribution in [1.29, 1.82) is 0 Å². The van der Waals surface area contributed by atoms with Crippen LogP contribution in [-0.2, 0) is 0 Å². The fraction of sp³-hybridized carbons (Fsp3) is 0.667. The molecule has 1 aromatic rings. The van der Waals surface area contributed by atoms with Gasteiger partial charge < -0.3 is 15.5 Å². The van der Waals surface area contributed by atoms with Crippen molar-refractivity contribution in [3.05, 3.63) is 18.3 Å². The fourth-order valence-electron chi connectivity index (χ4n) is 2.57. The van der Waals surface area contributed by atoms with Gasteiger partial charge in [0.1, 0.15) is 5.82 Å². The van der Waals surface area contributed by atoms with Crippen LogP contribution in [0.15, 0.2) is 18.3 Å². The zero-order valence-corrected chi connectivity index (χ0v) is 12.2. The highest BCUT2D eigenvalue weighted by Gasteiger charge is 2.12. The summed E-state index contributed by atoms with van der Waals surface area (Å²) in [5.41, 5.74) is 1.13. The Morgan fingerprint density at radius 2 is 2.00 bits per heavy atom. The number of aromatic nitrogens is 1. The molecule has 2 heterocycles. The normalized spacial score (nSPS) is 16.3. The van der Waals surface area contributed by atoms with Crippen LogP contribution in [-0.4, -0.2) is 37.7 Å². The van der Waals surface area contributed by atoms with Crippen molar-refractivity contribution in [2.75, 3.05) is 42.9 Å². The van der Waals surface area contributed by atoms with Gasteiger partial charge in [0.05, 0.1) is 11.9 Å². The number of hydrogen-bond donors (Lipinski definition) is 2. The van der Waals surface area contributed by atoms with Gasteiger partial charge in [-0.2, -0.15) is 0 Å². The second kappa shape index (κ2) is 7.34. The third-order valence-electron chi connectivity index (χ3n) is 3.89. The number of piperidine rings is 1. The first-order valence-electron chi connectivity index (χ1n) is 7.49. The first-order chi connectivity index (χ1) is 9.33. The maximum atomic E-state index is 4.54.